The molecule has 0 saturated carbocycles. The summed E-state index contributed by atoms with van der Waals surface area (Å²) in [4.78, 5) is 13.6. The minimum atomic E-state index is -0.147. The van der Waals surface area contributed by atoms with Crippen molar-refractivity contribution < 1.29 is 4.79 Å². The number of rotatable bonds is 4. The first-order chi connectivity index (χ1) is 10.8. The zero-order valence-corrected chi connectivity index (χ0v) is 15.3. The second-order valence-corrected chi connectivity index (χ2v) is 8.27. The molecular weight excluding hydrogens is 302 g/mol. The molecule has 0 fully saturated rings. The van der Waals surface area contributed by atoms with E-state index in [4.69, 9.17) is 0 Å². The van der Waals surface area contributed by atoms with Crippen molar-refractivity contribution in [2.45, 2.75) is 50.2 Å². The smallest absolute Gasteiger partial charge is 0.237 e. The third kappa shape index (κ3) is 4.87. The van der Waals surface area contributed by atoms with E-state index in [1.807, 2.05) is 25.1 Å². The average molecular weight is 327 g/mol. The highest BCUT2D eigenvalue weighted by molar-refractivity contribution is 8.00. The maximum atomic E-state index is 12.5. The number of benzene rings is 2. The van der Waals surface area contributed by atoms with Gasteiger partial charge >= 0.3 is 0 Å². The van der Waals surface area contributed by atoms with Gasteiger partial charge in [-0.25, -0.2) is 0 Å². The Labute approximate surface area is 143 Å². The molecule has 2 nitrogen and oxygen atoms in total. The van der Waals surface area contributed by atoms with E-state index in [0.29, 0.717) is 0 Å². The van der Waals surface area contributed by atoms with E-state index < -0.39 is 0 Å². The van der Waals surface area contributed by atoms with Gasteiger partial charge in [0.15, 0.2) is 0 Å². The molecule has 2 rings (SSSR count). The first-order valence-corrected chi connectivity index (χ1v) is 8.79. The van der Waals surface area contributed by atoms with E-state index >= 15 is 0 Å². The fourth-order valence-corrected chi connectivity index (χ4v) is 3.22. The van der Waals surface area contributed by atoms with Gasteiger partial charge in [0.2, 0.25) is 5.91 Å². The van der Waals surface area contributed by atoms with Crippen molar-refractivity contribution in [1.29, 1.82) is 0 Å². The predicted octanol–water partition coefficient (Wildman–Crippen LogP) is 5.41. The summed E-state index contributed by atoms with van der Waals surface area (Å²) in [5.41, 5.74) is 3.28. The summed E-state index contributed by atoms with van der Waals surface area (Å²) in [5, 5.41) is 2.94. The van der Waals surface area contributed by atoms with Crippen LogP contribution in [-0.2, 0) is 10.2 Å². The topological polar surface area (TPSA) is 29.1 Å². The van der Waals surface area contributed by atoms with E-state index in [1.54, 1.807) is 11.8 Å². The summed E-state index contributed by atoms with van der Waals surface area (Å²) in [6.07, 6.45) is 0. The van der Waals surface area contributed by atoms with E-state index in [-0.39, 0.29) is 16.6 Å². The number of para-hydroxylation sites is 1. The zero-order chi connectivity index (χ0) is 17.0. The first kappa shape index (κ1) is 17.6. The van der Waals surface area contributed by atoms with E-state index in [2.05, 4.69) is 63.3 Å². The van der Waals surface area contributed by atoms with Gasteiger partial charge in [0, 0.05) is 10.6 Å². The second kappa shape index (κ2) is 7.22. The van der Waals surface area contributed by atoms with Crippen molar-refractivity contribution in [3.8, 4) is 0 Å². The summed E-state index contributed by atoms with van der Waals surface area (Å²) in [7, 11) is 0. The Morgan fingerprint density at radius 1 is 1.04 bits per heavy atom. The maximum Gasteiger partial charge on any atom is 0.237 e. The lowest BCUT2D eigenvalue weighted by Crippen LogP contribution is -2.24. The van der Waals surface area contributed by atoms with Crippen molar-refractivity contribution in [3.05, 3.63) is 59.7 Å². The van der Waals surface area contributed by atoms with Crippen molar-refractivity contribution in [1.82, 2.24) is 0 Å². The molecule has 0 aliphatic carbocycles. The van der Waals surface area contributed by atoms with Crippen molar-refractivity contribution in [2.24, 2.45) is 0 Å². The lowest BCUT2D eigenvalue weighted by atomic mass is 9.86. The molecule has 0 radical (unpaired) electrons. The lowest BCUT2D eigenvalue weighted by molar-refractivity contribution is -0.115. The molecule has 3 heteroatoms. The van der Waals surface area contributed by atoms with Crippen LogP contribution in [0.3, 0.4) is 0 Å². The number of anilines is 1. The van der Waals surface area contributed by atoms with Crippen LogP contribution in [0.4, 0.5) is 5.69 Å². The van der Waals surface area contributed by atoms with Gasteiger partial charge in [-0.15, -0.1) is 11.8 Å². The molecule has 0 aromatic heterocycles. The Morgan fingerprint density at radius 3 is 2.26 bits per heavy atom. The molecule has 122 valence electrons. The van der Waals surface area contributed by atoms with Gasteiger partial charge in [-0.05, 0) is 43.0 Å². The van der Waals surface area contributed by atoms with Crippen LogP contribution >= 0.6 is 11.8 Å². The van der Waals surface area contributed by atoms with Crippen molar-refractivity contribution in [3.63, 3.8) is 0 Å². The van der Waals surface area contributed by atoms with Crippen LogP contribution in [0.25, 0.3) is 0 Å². The molecule has 0 saturated heterocycles. The molecule has 0 aliphatic heterocycles. The second-order valence-electron chi connectivity index (χ2n) is 6.86. The van der Waals surface area contributed by atoms with E-state index in [0.717, 1.165) is 16.1 Å². The predicted molar refractivity (Wildman–Crippen MR) is 100 cm³/mol. The number of aryl methyl sites for hydroxylation is 1. The summed E-state index contributed by atoms with van der Waals surface area (Å²) >= 11 is 1.58. The van der Waals surface area contributed by atoms with Crippen LogP contribution in [0.1, 0.15) is 38.8 Å². The number of nitrogens with one attached hydrogen (secondary N) is 1. The van der Waals surface area contributed by atoms with Gasteiger partial charge in [-0.1, -0.05) is 56.7 Å². The number of carbonyl (C=O) groups is 1. The highest BCUT2D eigenvalue weighted by atomic mass is 32.2. The summed E-state index contributed by atoms with van der Waals surface area (Å²) in [6.45, 7) is 10.5. The van der Waals surface area contributed by atoms with Gasteiger partial charge < -0.3 is 5.32 Å². The van der Waals surface area contributed by atoms with Crippen LogP contribution in [0.5, 0.6) is 0 Å². The van der Waals surface area contributed by atoms with Crippen LogP contribution in [0.15, 0.2) is 53.4 Å². The van der Waals surface area contributed by atoms with Gasteiger partial charge in [0.25, 0.3) is 0 Å². The highest BCUT2D eigenvalue weighted by Crippen LogP contribution is 2.30. The number of carbonyl (C=O) groups excluding carboxylic acids is 1. The normalized spacial score (nSPS) is 12.7. The number of amides is 1. The largest absolute Gasteiger partial charge is 0.325 e. The Balaban J connectivity index is 2.08. The quantitative estimate of drug-likeness (QED) is 0.761. The molecule has 0 bridgehead atoms. The minimum absolute atomic E-state index is 0.00277. The van der Waals surface area contributed by atoms with E-state index in [9.17, 15) is 4.79 Å². The Kier molecular flexibility index (Phi) is 5.53. The molecule has 0 unspecified atom stereocenters. The van der Waals surface area contributed by atoms with Gasteiger partial charge in [-0.3, -0.25) is 4.79 Å². The standard InChI is InChI=1S/C20H25NOS/c1-14-10-12-16(13-11-14)23-15(2)19(22)21-18-9-7-6-8-17(18)20(3,4)5/h6-13,15H,1-5H3,(H,21,22)/t15-/m1/s1. The van der Waals surface area contributed by atoms with Crippen molar-refractivity contribution in [2.75, 3.05) is 5.32 Å². The highest BCUT2D eigenvalue weighted by Gasteiger charge is 2.20. The fourth-order valence-electron chi connectivity index (χ4n) is 2.35. The number of hydrogen-bond acceptors (Lipinski definition) is 2. The summed E-state index contributed by atoms with van der Waals surface area (Å²) < 4.78 is 0. The third-order valence-electron chi connectivity index (χ3n) is 3.70. The van der Waals surface area contributed by atoms with Crippen LogP contribution in [-0.4, -0.2) is 11.2 Å². The Morgan fingerprint density at radius 2 is 1.65 bits per heavy atom. The first-order valence-electron chi connectivity index (χ1n) is 7.91. The van der Waals surface area contributed by atoms with Gasteiger partial charge in [-0.2, -0.15) is 0 Å². The molecule has 1 amide bonds. The number of hydrogen-bond donors (Lipinski definition) is 1. The molecule has 0 aliphatic rings. The fraction of sp³-hybridized carbons (Fsp3) is 0.350. The zero-order valence-electron chi connectivity index (χ0n) is 14.5. The monoisotopic (exact) mass is 327 g/mol. The molecule has 2 aromatic carbocycles. The van der Waals surface area contributed by atoms with Gasteiger partial charge in [0.05, 0.1) is 5.25 Å². The molecular formula is C20H25NOS. The van der Waals surface area contributed by atoms with Crippen LogP contribution in [0.2, 0.25) is 0 Å². The number of thioether (sulfide) groups is 1. The van der Waals surface area contributed by atoms with Crippen molar-refractivity contribution >= 4 is 23.4 Å². The lowest BCUT2D eigenvalue weighted by Gasteiger charge is -2.23. The van der Waals surface area contributed by atoms with Gasteiger partial charge in [0.1, 0.15) is 0 Å². The molecule has 2 aromatic rings. The van der Waals surface area contributed by atoms with Crippen LogP contribution < -0.4 is 5.32 Å². The molecule has 23 heavy (non-hydrogen) atoms. The molecule has 1 N–H and O–H groups in total. The maximum absolute atomic E-state index is 12.5. The summed E-state index contributed by atoms with van der Waals surface area (Å²) in [6, 6.07) is 16.3. The van der Waals surface area contributed by atoms with Crippen LogP contribution in [0, 0.1) is 6.92 Å². The third-order valence-corrected chi connectivity index (χ3v) is 4.81. The molecule has 1 atom stereocenters. The average Bonchev–Trinajstić information content (AvgIpc) is 2.49. The summed E-state index contributed by atoms with van der Waals surface area (Å²) in [5.74, 6) is 0.0345. The van der Waals surface area contributed by atoms with E-state index in [1.165, 1.54) is 5.56 Å². The molecule has 0 spiro atoms. The minimum Gasteiger partial charge on any atom is -0.325 e. The Hall–Kier alpha value is -1.74. The molecule has 0 heterocycles. The SMILES string of the molecule is Cc1ccc(S[C@H](C)C(=O)Nc2ccccc2C(C)(C)C)cc1. The Bertz CT molecular complexity index is 671.